The van der Waals surface area contributed by atoms with E-state index >= 15 is 9.59 Å². The maximum absolute atomic E-state index is 15.2. The first kappa shape index (κ1) is 53.2. The van der Waals surface area contributed by atoms with Crippen LogP contribution in [0.3, 0.4) is 0 Å². The first-order valence-corrected chi connectivity index (χ1v) is 28.1. The standard InChI is InChI=1S/C53H61F2N8O11PS/c1-51(2,3)45(58-47(67)41-25-33-24-35(8-11-40(33)76-41)53(54,55)75(71,72)73)49(69)61-21-15-39(44(61)48(68)62-28-34(26-52(62)16-17-52)32-6-5-18-56-27-32)74-29-43(65)60-19-13-30(14-20-60)22-31-7-9-36-38(23-31)59(4)50(70)63(36)37-10-12-42(64)57-46(37)66/h5-9,11,18,23-25,27,30,34,37,39,44-45H,10,12-17,19-22,26,28-29H2,1-4H3,(H,58,67)(H,57,64,66)(H2,71,72,73)/t34?,37?,39-,44?,45-/m1/s1. The van der Waals surface area contributed by atoms with Gasteiger partial charge >= 0.3 is 18.9 Å². The van der Waals surface area contributed by atoms with Gasteiger partial charge in [0.2, 0.25) is 29.5 Å². The van der Waals surface area contributed by atoms with Crippen LogP contribution in [-0.2, 0) is 52.4 Å². The number of halogens is 2. The van der Waals surface area contributed by atoms with Gasteiger partial charge in [0.05, 0.1) is 22.0 Å². The number of thiophene rings is 1. The van der Waals surface area contributed by atoms with Crippen LogP contribution in [0.4, 0.5) is 8.78 Å². The van der Waals surface area contributed by atoms with Gasteiger partial charge in [0.25, 0.3) is 5.91 Å². The Labute approximate surface area is 440 Å². The molecule has 2 aromatic carbocycles. The Hall–Kier alpha value is -6.19. The highest BCUT2D eigenvalue weighted by Gasteiger charge is 2.59. The fourth-order valence-electron chi connectivity index (χ4n) is 11.8. The summed E-state index contributed by atoms with van der Waals surface area (Å²) in [5.41, 5.74) is -3.73. The number of rotatable bonds is 13. The molecule has 404 valence electrons. The van der Waals surface area contributed by atoms with Crippen LogP contribution in [0.1, 0.15) is 110 Å². The van der Waals surface area contributed by atoms with Gasteiger partial charge in [-0.15, -0.1) is 11.3 Å². The largest absolute Gasteiger partial charge is 0.399 e. The summed E-state index contributed by atoms with van der Waals surface area (Å²) in [6.45, 7) is 6.41. The number of nitrogens with zero attached hydrogens (tertiary/aromatic N) is 6. The number of hydrogen-bond donors (Lipinski definition) is 4. The van der Waals surface area contributed by atoms with Gasteiger partial charge in [-0.2, -0.15) is 8.78 Å². The number of benzene rings is 2. The van der Waals surface area contributed by atoms with Gasteiger partial charge in [0, 0.05) is 73.8 Å². The van der Waals surface area contributed by atoms with Crippen molar-refractivity contribution in [1.82, 2.24) is 39.5 Å². The van der Waals surface area contributed by atoms with E-state index in [9.17, 15) is 47.1 Å². The molecule has 7 heterocycles. The van der Waals surface area contributed by atoms with Crippen LogP contribution in [0.15, 0.2) is 71.8 Å². The molecule has 1 spiro atoms. The van der Waals surface area contributed by atoms with Crippen LogP contribution < -0.4 is 16.3 Å². The average molecular weight is 1090 g/mol. The Morgan fingerprint density at radius 2 is 1.72 bits per heavy atom. The van der Waals surface area contributed by atoms with E-state index in [1.54, 1.807) is 45.1 Å². The SMILES string of the molecule is Cn1c(=O)n(C2CCC(=O)NC2=O)c2ccc(CC3CCN(C(=O)CO[C@@H]4CCN(C(=O)[C@@H](NC(=O)c5cc6cc(C(F)(F)P(=O)(O)O)ccc6s5)C(C)(C)C)C4C(=O)N4CC(c5cccnc5)CC45CC5)CC3)cc21. The summed E-state index contributed by atoms with van der Waals surface area (Å²) in [7, 11) is -4.20. The summed E-state index contributed by atoms with van der Waals surface area (Å²) in [6.07, 6.45) is 7.68. The van der Waals surface area contributed by atoms with Gasteiger partial charge in [0.15, 0.2) is 0 Å². The summed E-state index contributed by atoms with van der Waals surface area (Å²) >= 11 is 0.958. The maximum Gasteiger partial charge on any atom is 0.399 e. The lowest BCUT2D eigenvalue weighted by Crippen LogP contribution is -2.60. The minimum atomic E-state index is -5.85. The molecule has 5 aromatic rings. The Balaban J connectivity index is 0.830. The molecule has 4 N–H and O–H groups in total. The van der Waals surface area contributed by atoms with E-state index in [1.807, 2.05) is 35.2 Å². The smallest absolute Gasteiger partial charge is 0.366 e. The van der Waals surface area contributed by atoms with Crippen LogP contribution in [0, 0.1) is 11.3 Å². The monoisotopic (exact) mass is 1090 g/mol. The quantitative estimate of drug-likeness (QED) is 0.0866. The van der Waals surface area contributed by atoms with E-state index in [2.05, 4.69) is 15.6 Å². The first-order chi connectivity index (χ1) is 35.9. The number of imidazole rings is 1. The maximum atomic E-state index is 15.2. The van der Waals surface area contributed by atoms with Gasteiger partial charge in [-0.05, 0) is 116 Å². The lowest BCUT2D eigenvalue weighted by Gasteiger charge is -2.38. The fourth-order valence-corrected chi connectivity index (χ4v) is 13.2. The summed E-state index contributed by atoms with van der Waals surface area (Å²) in [5.74, 6) is -2.39. The van der Waals surface area contributed by atoms with Crippen LogP contribution >= 0.6 is 18.9 Å². The van der Waals surface area contributed by atoms with Crippen molar-refractivity contribution >= 4 is 75.5 Å². The normalized spacial score (nSPS) is 22.7. The van der Waals surface area contributed by atoms with Crippen LogP contribution in [-0.4, -0.2) is 131 Å². The number of amides is 6. The molecule has 19 nitrogen and oxygen atoms in total. The molecule has 23 heteroatoms. The van der Waals surface area contributed by atoms with E-state index in [0.29, 0.717) is 54.6 Å². The summed E-state index contributed by atoms with van der Waals surface area (Å²) in [6, 6.07) is 10.9. The molecular weight excluding hydrogens is 1030 g/mol. The van der Waals surface area contributed by atoms with Gasteiger partial charge < -0.3 is 34.5 Å². The Morgan fingerprint density at radius 1 is 0.974 bits per heavy atom. The van der Waals surface area contributed by atoms with Crippen molar-refractivity contribution < 1.29 is 56.6 Å². The zero-order chi connectivity index (χ0) is 54.2. The number of carbonyl (C=O) groups is 6. The van der Waals surface area contributed by atoms with Gasteiger partial charge in [-0.25, -0.2) is 4.79 Å². The third kappa shape index (κ3) is 10.0. The van der Waals surface area contributed by atoms with Crippen molar-refractivity contribution in [2.75, 3.05) is 32.8 Å². The predicted octanol–water partition coefficient (Wildman–Crippen LogP) is 5.32. The molecule has 3 aromatic heterocycles. The summed E-state index contributed by atoms with van der Waals surface area (Å²) in [5, 5.41) is 5.35. The Bertz CT molecular complexity index is 3270. The molecule has 76 heavy (non-hydrogen) atoms. The second kappa shape index (κ2) is 20.0. The van der Waals surface area contributed by atoms with E-state index in [0.717, 1.165) is 53.9 Å². The first-order valence-electron chi connectivity index (χ1n) is 25.7. The molecule has 4 saturated heterocycles. The van der Waals surface area contributed by atoms with Crippen molar-refractivity contribution in [1.29, 1.82) is 0 Å². The van der Waals surface area contributed by atoms with Crippen LogP contribution in [0.2, 0.25) is 0 Å². The van der Waals surface area contributed by atoms with Crippen molar-refractivity contribution in [2.24, 2.45) is 18.4 Å². The minimum absolute atomic E-state index is 0.0141. The topological polar surface area (TPSA) is 243 Å². The zero-order valence-corrected chi connectivity index (χ0v) is 44.3. The number of carbonyl (C=O) groups excluding carboxylic acids is 6. The van der Waals surface area contributed by atoms with Gasteiger partial charge in [-0.3, -0.25) is 52.8 Å². The molecule has 4 aliphatic heterocycles. The van der Waals surface area contributed by atoms with Crippen LogP contribution in [0.5, 0.6) is 0 Å². The van der Waals surface area contributed by atoms with E-state index in [4.69, 9.17) is 4.74 Å². The minimum Gasteiger partial charge on any atom is -0.366 e. The third-order valence-corrected chi connectivity index (χ3v) is 18.3. The molecule has 1 aliphatic carbocycles. The third-order valence-electron chi connectivity index (χ3n) is 16.2. The number of aryl methyl sites for hydroxylation is 1. The Morgan fingerprint density at radius 3 is 2.39 bits per heavy atom. The molecular formula is C53H61F2N8O11PS. The van der Waals surface area contributed by atoms with Gasteiger partial charge in [0.1, 0.15) is 24.7 Å². The molecule has 5 fully saturated rings. The van der Waals surface area contributed by atoms with E-state index < -0.39 is 71.7 Å². The molecule has 6 amide bonds. The lowest BCUT2D eigenvalue weighted by atomic mass is 9.85. The number of aromatic nitrogens is 3. The van der Waals surface area contributed by atoms with Crippen LogP contribution in [0.25, 0.3) is 21.1 Å². The molecule has 0 radical (unpaired) electrons. The number of hydrogen-bond acceptors (Lipinski definition) is 11. The molecule has 5 atom stereocenters. The molecule has 5 aliphatic rings. The predicted molar refractivity (Wildman–Crippen MR) is 275 cm³/mol. The molecule has 0 bridgehead atoms. The highest BCUT2D eigenvalue weighted by atomic mass is 32.1. The summed E-state index contributed by atoms with van der Waals surface area (Å²) < 4.78 is 50.7. The zero-order valence-electron chi connectivity index (χ0n) is 42.6. The highest BCUT2D eigenvalue weighted by Crippen LogP contribution is 2.59. The lowest BCUT2D eigenvalue weighted by molar-refractivity contribution is -0.153. The van der Waals surface area contributed by atoms with E-state index in [-0.39, 0.29) is 77.9 Å². The number of imide groups is 1. The number of ether oxygens (including phenoxy) is 1. The molecule has 10 rings (SSSR count). The van der Waals surface area contributed by atoms with E-state index in [1.165, 1.54) is 26.2 Å². The highest BCUT2D eigenvalue weighted by molar-refractivity contribution is 7.52. The summed E-state index contributed by atoms with van der Waals surface area (Å²) in [4.78, 5) is 124. The number of alkyl halides is 2. The number of pyridine rings is 1. The number of piperidine rings is 2. The second-order valence-electron chi connectivity index (χ2n) is 22.2. The van der Waals surface area contributed by atoms with Crippen molar-refractivity contribution in [3.8, 4) is 0 Å². The second-order valence-corrected chi connectivity index (χ2v) is 25.0. The molecule has 3 unspecified atom stereocenters. The fraction of sp³-hybridized carbons (Fsp3) is 0.509. The van der Waals surface area contributed by atoms with Gasteiger partial charge in [-0.1, -0.05) is 39.0 Å². The molecule has 1 saturated carbocycles. The number of likely N-dealkylation sites (tertiary alicyclic amines) is 3. The van der Waals surface area contributed by atoms with Crippen molar-refractivity contribution in [2.45, 2.75) is 120 Å². The number of nitrogens with one attached hydrogen (secondary N) is 2. The van der Waals surface area contributed by atoms with Crippen molar-refractivity contribution in [3.63, 3.8) is 0 Å². The average Bonchev–Trinajstić information content (AvgIpc) is 3.76. The Kier molecular flexibility index (Phi) is 14.0. The van der Waals surface area contributed by atoms with Crippen molar-refractivity contribution in [3.05, 3.63) is 99.0 Å². The number of fused-ring (bicyclic) bond motifs is 2.